The highest BCUT2D eigenvalue weighted by Crippen LogP contribution is 2.33. The molecule has 1 aromatic carbocycles. The fourth-order valence-corrected chi connectivity index (χ4v) is 2.04. The normalized spacial score (nSPS) is 14.3. The third-order valence-electron chi connectivity index (χ3n) is 3.18. The summed E-state index contributed by atoms with van der Waals surface area (Å²) in [7, 11) is 0. The molecule has 5 heteroatoms. The van der Waals surface area contributed by atoms with E-state index in [1.807, 2.05) is 6.07 Å². The van der Waals surface area contributed by atoms with Crippen molar-refractivity contribution >= 4 is 5.82 Å². The van der Waals surface area contributed by atoms with Crippen molar-refractivity contribution in [1.82, 2.24) is 9.55 Å². The lowest BCUT2D eigenvalue weighted by Crippen LogP contribution is -2.23. The first-order valence-corrected chi connectivity index (χ1v) is 6.33. The monoisotopic (exact) mass is 257 g/mol. The molecule has 1 aliphatic rings. The first-order chi connectivity index (χ1) is 9.24. The molecule has 0 aliphatic heterocycles. The Morgan fingerprint density at radius 3 is 3.00 bits per heavy atom. The summed E-state index contributed by atoms with van der Waals surface area (Å²) in [5, 5.41) is 12.4. The van der Waals surface area contributed by atoms with E-state index in [-0.39, 0.29) is 11.3 Å². The van der Waals surface area contributed by atoms with Gasteiger partial charge in [-0.25, -0.2) is 4.98 Å². The second-order valence-electron chi connectivity index (χ2n) is 4.74. The smallest absolute Gasteiger partial charge is 0.293 e. The maximum absolute atomic E-state index is 12.1. The Bertz CT molecular complexity index is 647. The van der Waals surface area contributed by atoms with Crippen molar-refractivity contribution in [1.29, 1.82) is 0 Å². The molecule has 1 aliphatic carbocycles. The van der Waals surface area contributed by atoms with Crippen molar-refractivity contribution in [2.75, 3.05) is 5.32 Å². The second-order valence-corrected chi connectivity index (χ2v) is 4.74. The summed E-state index contributed by atoms with van der Waals surface area (Å²) in [6.45, 7) is 0.464. The molecule has 1 saturated carbocycles. The molecule has 98 valence electrons. The van der Waals surface area contributed by atoms with Crippen LogP contribution in [-0.2, 0) is 6.54 Å². The van der Waals surface area contributed by atoms with Crippen molar-refractivity contribution in [3.05, 3.63) is 52.6 Å². The minimum absolute atomic E-state index is 0.0786. The molecule has 5 nitrogen and oxygen atoms in total. The average molecular weight is 257 g/mol. The average Bonchev–Trinajstić information content (AvgIpc) is 3.22. The van der Waals surface area contributed by atoms with Crippen LogP contribution in [0.4, 0.5) is 5.82 Å². The van der Waals surface area contributed by atoms with Crippen molar-refractivity contribution in [2.45, 2.75) is 25.4 Å². The van der Waals surface area contributed by atoms with E-state index >= 15 is 0 Å². The van der Waals surface area contributed by atoms with Gasteiger partial charge < -0.3 is 15.0 Å². The molecule has 0 radical (unpaired) electrons. The minimum Gasteiger partial charge on any atom is -0.508 e. The fourth-order valence-electron chi connectivity index (χ4n) is 2.04. The van der Waals surface area contributed by atoms with E-state index < -0.39 is 0 Å². The van der Waals surface area contributed by atoms with E-state index in [4.69, 9.17) is 0 Å². The largest absolute Gasteiger partial charge is 0.508 e. The van der Waals surface area contributed by atoms with Crippen molar-refractivity contribution in [2.24, 2.45) is 0 Å². The van der Waals surface area contributed by atoms with Gasteiger partial charge >= 0.3 is 0 Å². The number of aromatic nitrogens is 2. The van der Waals surface area contributed by atoms with Crippen molar-refractivity contribution < 1.29 is 5.11 Å². The number of hydrogen-bond donors (Lipinski definition) is 2. The number of anilines is 1. The van der Waals surface area contributed by atoms with Crippen LogP contribution in [0, 0.1) is 0 Å². The standard InChI is InChI=1S/C14H15N3O2/c18-12-3-1-2-10(8-12)9-16-13-14(19)17(7-6-15-13)11-4-5-11/h1-3,6-8,11,18H,4-5,9H2,(H,15,16). The quantitative estimate of drug-likeness (QED) is 0.877. The molecule has 19 heavy (non-hydrogen) atoms. The Morgan fingerprint density at radius 2 is 2.26 bits per heavy atom. The highest BCUT2D eigenvalue weighted by Gasteiger charge is 2.25. The maximum atomic E-state index is 12.1. The van der Waals surface area contributed by atoms with Gasteiger partial charge in [-0.1, -0.05) is 12.1 Å². The van der Waals surface area contributed by atoms with E-state index in [9.17, 15) is 9.90 Å². The molecule has 2 N–H and O–H groups in total. The van der Waals surface area contributed by atoms with Gasteiger partial charge in [0.25, 0.3) is 5.56 Å². The zero-order valence-corrected chi connectivity index (χ0v) is 10.4. The molecule has 1 fully saturated rings. The van der Waals surface area contributed by atoms with Gasteiger partial charge in [-0.2, -0.15) is 0 Å². The highest BCUT2D eigenvalue weighted by molar-refractivity contribution is 5.35. The molecule has 1 heterocycles. The number of rotatable bonds is 4. The number of benzene rings is 1. The molecular formula is C14H15N3O2. The van der Waals surface area contributed by atoms with E-state index in [1.54, 1.807) is 35.2 Å². The Morgan fingerprint density at radius 1 is 1.42 bits per heavy atom. The predicted molar refractivity (Wildman–Crippen MR) is 72.2 cm³/mol. The first-order valence-electron chi connectivity index (χ1n) is 6.33. The van der Waals surface area contributed by atoms with Gasteiger partial charge in [-0.05, 0) is 30.5 Å². The number of hydrogen-bond acceptors (Lipinski definition) is 4. The molecule has 0 atom stereocenters. The second kappa shape index (κ2) is 4.76. The SMILES string of the molecule is O=c1c(NCc2cccc(O)c2)nccn1C1CC1. The highest BCUT2D eigenvalue weighted by atomic mass is 16.3. The lowest BCUT2D eigenvalue weighted by atomic mass is 10.2. The van der Waals surface area contributed by atoms with Gasteiger partial charge in [-0.3, -0.25) is 4.79 Å². The van der Waals surface area contributed by atoms with Gasteiger partial charge in [0, 0.05) is 25.0 Å². The number of nitrogens with one attached hydrogen (secondary N) is 1. The molecule has 1 aromatic heterocycles. The molecule has 3 rings (SSSR count). The molecule has 0 saturated heterocycles. The summed E-state index contributed by atoms with van der Waals surface area (Å²) in [5.41, 5.74) is 0.827. The topological polar surface area (TPSA) is 67.2 Å². The van der Waals surface area contributed by atoms with E-state index in [2.05, 4.69) is 10.3 Å². The molecular weight excluding hydrogens is 242 g/mol. The fraction of sp³-hybridized carbons (Fsp3) is 0.286. The third kappa shape index (κ3) is 2.59. The number of nitrogens with zero attached hydrogens (tertiary/aromatic N) is 2. The summed E-state index contributed by atoms with van der Waals surface area (Å²) >= 11 is 0. The van der Waals surface area contributed by atoms with Gasteiger partial charge in [0.1, 0.15) is 5.75 Å². The summed E-state index contributed by atoms with van der Waals surface area (Å²) in [5.74, 6) is 0.577. The molecule has 0 bridgehead atoms. The van der Waals surface area contributed by atoms with Crippen LogP contribution in [0.25, 0.3) is 0 Å². The van der Waals surface area contributed by atoms with Crippen LogP contribution in [0.2, 0.25) is 0 Å². The summed E-state index contributed by atoms with van der Waals surface area (Å²) in [6, 6.07) is 7.28. The lowest BCUT2D eigenvalue weighted by Gasteiger charge is -2.08. The van der Waals surface area contributed by atoms with Crippen LogP contribution in [-0.4, -0.2) is 14.7 Å². The minimum atomic E-state index is -0.0786. The summed E-state index contributed by atoms with van der Waals surface area (Å²) in [4.78, 5) is 16.2. The summed E-state index contributed by atoms with van der Waals surface area (Å²) in [6.07, 6.45) is 5.51. The number of aromatic hydroxyl groups is 1. The van der Waals surface area contributed by atoms with Gasteiger partial charge in [0.2, 0.25) is 0 Å². The summed E-state index contributed by atoms with van der Waals surface area (Å²) < 4.78 is 1.73. The maximum Gasteiger partial charge on any atom is 0.293 e. The van der Waals surface area contributed by atoms with E-state index in [0.29, 0.717) is 18.4 Å². The Labute approximate surface area is 110 Å². The Hall–Kier alpha value is -2.30. The third-order valence-corrected chi connectivity index (χ3v) is 3.18. The molecule has 2 aromatic rings. The van der Waals surface area contributed by atoms with Crippen LogP contribution < -0.4 is 10.9 Å². The van der Waals surface area contributed by atoms with Crippen LogP contribution in [0.3, 0.4) is 0 Å². The molecule has 0 spiro atoms. The van der Waals surface area contributed by atoms with Crippen LogP contribution in [0.15, 0.2) is 41.5 Å². The zero-order chi connectivity index (χ0) is 13.2. The first kappa shape index (κ1) is 11.8. The zero-order valence-electron chi connectivity index (χ0n) is 10.4. The van der Waals surface area contributed by atoms with E-state index in [1.165, 1.54) is 0 Å². The van der Waals surface area contributed by atoms with Crippen molar-refractivity contribution in [3.8, 4) is 5.75 Å². The van der Waals surface area contributed by atoms with Gasteiger partial charge in [-0.15, -0.1) is 0 Å². The Kier molecular flexibility index (Phi) is 2.95. The van der Waals surface area contributed by atoms with Crippen LogP contribution in [0.5, 0.6) is 5.75 Å². The number of phenols is 1. The van der Waals surface area contributed by atoms with Crippen molar-refractivity contribution in [3.63, 3.8) is 0 Å². The van der Waals surface area contributed by atoms with Gasteiger partial charge in [0.15, 0.2) is 5.82 Å². The van der Waals surface area contributed by atoms with Crippen LogP contribution in [0.1, 0.15) is 24.4 Å². The predicted octanol–water partition coefficient (Wildman–Crippen LogP) is 1.90. The number of phenolic OH excluding ortho intramolecular Hbond substituents is 1. The van der Waals surface area contributed by atoms with Gasteiger partial charge in [0.05, 0.1) is 0 Å². The Balaban J connectivity index is 1.77. The lowest BCUT2D eigenvalue weighted by molar-refractivity contribution is 0.474. The molecule has 0 unspecified atom stereocenters. The van der Waals surface area contributed by atoms with E-state index in [0.717, 1.165) is 18.4 Å². The molecule has 0 amide bonds. The van der Waals surface area contributed by atoms with Crippen LogP contribution >= 0.6 is 0 Å².